The average molecular weight is 294 g/mol. The largest absolute Gasteiger partial charge is 0.354 e. The van der Waals surface area contributed by atoms with Crippen LogP contribution >= 0.6 is 0 Å². The fourth-order valence-corrected chi connectivity index (χ4v) is 2.66. The highest BCUT2D eigenvalue weighted by atomic mass is 16.6. The summed E-state index contributed by atoms with van der Waals surface area (Å²) in [5, 5.41) is 14.4. The van der Waals surface area contributed by atoms with E-state index >= 15 is 0 Å². The quantitative estimate of drug-likeness (QED) is 0.660. The normalized spacial score (nSPS) is 19.6. The van der Waals surface area contributed by atoms with Crippen molar-refractivity contribution in [2.45, 2.75) is 26.8 Å². The van der Waals surface area contributed by atoms with E-state index in [1.807, 2.05) is 11.8 Å². The van der Waals surface area contributed by atoms with Crippen LogP contribution in [0.5, 0.6) is 0 Å². The highest BCUT2D eigenvalue weighted by molar-refractivity contribution is 5.63. The molecule has 1 unspecified atom stereocenters. The summed E-state index contributed by atoms with van der Waals surface area (Å²) in [6.07, 6.45) is 0. The van der Waals surface area contributed by atoms with Crippen molar-refractivity contribution in [3.8, 4) is 0 Å². The molecule has 1 atom stereocenters. The van der Waals surface area contributed by atoms with Crippen LogP contribution in [0.15, 0.2) is 0 Å². The number of nitrogens with zero attached hydrogens (tertiary/aromatic N) is 5. The van der Waals surface area contributed by atoms with Crippen LogP contribution in [0.1, 0.15) is 19.5 Å². The second-order valence-electron chi connectivity index (χ2n) is 5.40. The van der Waals surface area contributed by atoms with Crippen LogP contribution in [-0.4, -0.2) is 59.1 Å². The minimum absolute atomic E-state index is 0.00746. The van der Waals surface area contributed by atoms with Crippen molar-refractivity contribution in [1.29, 1.82) is 0 Å². The predicted molar refractivity (Wildman–Crippen MR) is 81.9 cm³/mol. The van der Waals surface area contributed by atoms with Gasteiger partial charge in [-0.2, -0.15) is 4.98 Å². The molecule has 0 spiro atoms. The van der Waals surface area contributed by atoms with Gasteiger partial charge >= 0.3 is 5.69 Å². The number of piperazine rings is 1. The third kappa shape index (κ3) is 3.21. The molecule has 1 fully saturated rings. The number of aryl methyl sites for hydroxylation is 1. The number of nitro groups is 1. The van der Waals surface area contributed by atoms with Crippen molar-refractivity contribution >= 4 is 17.5 Å². The van der Waals surface area contributed by atoms with E-state index in [1.165, 1.54) is 0 Å². The summed E-state index contributed by atoms with van der Waals surface area (Å²) >= 11 is 0. The van der Waals surface area contributed by atoms with Gasteiger partial charge in [-0.05, 0) is 27.8 Å². The Bertz CT molecular complexity index is 536. The standard InChI is InChI=1S/C13H22N6O2/c1-5-14-13-15-10(3)11(19(20)21)12(16-13)18-7-6-17(4)8-9(18)2/h9H,5-8H2,1-4H3,(H,14,15,16). The summed E-state index contributed by atoms with van der Waals surface area (Å²) in [6.45, 7) is 8.78. The van der Waals surface area contributed by atoms with Gasteiger partial charge in [0.25, 0.3) is 0 Å². The zero-order chi connectivity index (χ0) is 15.6. The molecule has 1 aliphatic rings. The summed E-state index contributed by atoms with van der Waals surface area (Å²) in [5.74, 6) is 0.866. The Morgan fingerprint density at radius 2 is 2.14 bits per heavy atom. The first kappa shape index (κ1) is 15.4. The molecule has 0 amide bonds. The SMILES string of the molecule is CCNc1nc(C)c([N+](=O)[O-])c(N2CCN(C)CC2C)n1. The zero-order valence-corrected chi connectivity index (χ0v) is 13.0. The number of nitrogens with one attached hydrogen (secondary N) is 1. The highest BCUT2D eigenvalue weighted by Crippen LogP contribution is 2.32. The lowest BCUT2D eigenvalue weighted by molar-refractivity contribution is -0.385. The summed E-state index contributed by atoms with van der Waals surface area (Å²) in [7, 11) is 2.05. The van der Waals surface area contributed by atoms with Gasteiger partial charge in [-0.1, -0.05) is 0 Å². The molecule has 1 aliphatic heterocycles. The lowest BCUT2D eigenvalue weighted by atomic mass is 10.2. The lowest BCUT2D eigenvalue weighted by Crippen LogP contribution is -2.51. The summed E-state index contributed by atoms with van der Waals surface area (Å²) < 4.78 is 0. The molecule has 0 radical (unpaired) electrons. The molecule has 21 heavy (non-hydrogen) atoms. The maximum Gasteiger partial charge on any atom is 0.332 e. The fourth-order valence-electron chi connectivity index (χ4n) is 2.66. The van der Waals surface area contributed by atoms with E-state index in [4.69, 9.17) is 0 Å². The Kier molecular flexibility index (Phi) is 4.56. The van der Waals surface area contributed by atoms with Gasteiger partial charge in [-0.15, -0.1) is 0 Å². The van der Waals surface area contributed by atoms with E-state index in [1.54, 1.807) is 6.92 Å². The minimum Gasteiger partial charge on any atom is -0.354 e. The van der Waals surface area contributed by atoms with E-state index < -0.39 is 0 Å². The van der Waals surface area contributed by atoms with Gasteiger partial charge < -0.3 is 15.1 Å². The van der Waals surface area contributed by atoms with Crippen LogP contribution in [0.25, 0.3) is 0 Å². The smallest absolute Gasteiger partial charge is 0.332 e. The molecule has 1 aromatic rings. The Balaban J connectivity index is 2.46. The minimum atomic E-state index is -0.383. The van der Waals surface area contributed by atoms with Gasteiger partial charge in [-0.25, -0.2) is 4.98 Å². The van der Waals surface area contributed by atoms with Crippen LogP contribution in [0.3, 0.4) is 0 Å². The third-order valence-corrected chi connectivity index (χ3v) is 3.66. The van der Waals surface area contributed by atoms with E-state index in [-0.39, 0.29) is 16.7 Å². The van der Waals surface area contributed by atoms with E-state index in [2.05, 4.69) is 34.2 Å². The Morgan fingerprint density at radius 1 is 1.43 bits per heavy atom. The van der Waals surface area contributed by atoms with Crippen LogP contribution < -0.4 is 10.2 Å². The lowest BCUT2D eigenvalue weighted by Gasteiger charge is -2.38. The maximum absolute atomic E-state index is 11.4. The first-order chi connectivity index (χ1) is 9.93. The van der Waals surface area contributed by atoms with Crippen molar-refractivity contribution < 1.29 is 4.92 Å². The van der Waals surface area contributed by atoms with Crippen LogP contribution in [-0.2, 0) is 0 Å². The van der Waals surface area contributed by atoms with Crippen molar-refractivity contribution in [2.24, 2.45) is 0 Å². The number of hydrogen-bond acceptors (Lipinski definition) is 7. The Hall–Kier alpha value is -1.96. The number of aromatic nitrogens is 2. The average Bonchev–Trinajstić information content (AvgIpc) is 2.37. The topological polar surface area (TPSA) is 87.4 Å². The molecule has 0 aromatic carbocycles. The summed E-state index contributed by atoms with van der Waals surface area (Å²) in [6, 6.07) is 0.172. The second kappa shape index (κ2) is 6.21. The first-order valence-electron chi connectivity index (χ1n) is 7.16. The molecule has 116 valence electrons. The van der Waals surface area contributed by atoms with Crippen LogP contribution in [0, 0.1) is 17.0 Å². The Labute approximate surface area is 124 Å². The van der Waals surface area contributed by atoms with Crippen molar-refractivity contribution in [3.05, 3.63) is 15.8 Å². The highest BCUT2D eigenvalue weighted by Gasteiger charge is 2.31. The summed E-state index contributed by atoms with van der Waals surface area (Å²) in [4.78, 5) is 23.8. The van der Waals surface area contributed by atoms with Gasteiger partial charge in [-0.3, -0.25) is 10.1 Å². The van der Waals surface area contributed by atoms with Crippen molar-refractivity contribution in [3.63, 3.8) is 0 Å². The molecule has 8 nitrogen and oxygen atoms in total. The third-order valence-electron chi connectivity index (χ3n) is 3.66. The maximum atomic E-state index is 11.4. The van der Waals surface area contributed by atoms with Crippen LogP contribution in [0.4, 0.5) is 17.5 Å². The molecule has 2 rings (SSSR count). The van der Waals surface area contributed by atoms with Gasteiger partial charge in [0.1, 0.15) is 5.69 Å². The number of rotatable bonds is 4. The van der Waals surface area contributed by atoms with Crippen molar-refractivity contribution in [1.82, 2.24) is 14.9 Å². The molecule has 8 heteroatoms. The molecule has 0 saturated carbocycles. The molecule has 1 N–H and O–H groups in total. The van der Waals surface area contributed by atoms with Gasteiger partial charge in [0.15, 0.2) is 0 Å². The monoisotopic (exact) mass is 294 g/mol. The number of likely N-dealkylation sites (N-methyl/N-ethyl adjacent to an activating group) is 1. The zero-order valence-electron chi connectivity index (χ0n) is 13.0. The predicted octanol–water partition coefficient (Wildman–Crippen LogP) is 1.27. The second-order valence-corrected chi connectivity index (χ2v) is 5.40. The number of anilines is 2. The van der Waals surface area contributed by atoms with Gasteiger partial charge in [0, 0.05) is 32.2 Å². The van der Waals surface area contributed by atoms with Crippen molar-refractivity contribution in [2.75, 3.05) is 43.4 Å². The fraction of sp³-hybridized carbons (Fsp3) is 0.692. The molecule has 1 saturated heterocycles. The molecule has 0 aliphatic carbocycles. The molecule has 2 heterocycles. The number of hydrogen-bond donors (Lipinski definition) is 1. The van der Waals surface area contributed by atoms with Gasteiger partial charge in [0.2, 0.25) is 11.8 Å². The molecule has 1 aromatic heterocycles. The van der Waals surface area contributed by atoms with E-state index in [0.717, 1.165) is 19.6 Å². The summed E-state index contributed by atoms with van der Waals surface area (Å²) in [5.41, 5.74) is 0.403. The molecular weight excluding hydrogens is 272 g/mol. The van der Waals surface area contributed by atoms with E-state index in [9.17, 15) is 10.1 Å². The van der Waals surface area contributed by atoms with Crippen LogP contribution in [0.2, 0.25) is 0 Å². The Morgan fingerprint density at radius 3 is 2.71 bits per heavy atom. The van der Waals surface area contributed by atoms with Gasteiger partial charge in [0.05, 0.1) is 4.92 Å². The van der Waals surface area contributed by atoms with E-state index in [0.29, 0.717) is 24.0 Å². The molecule has 0 bridgehead atoms. The molecular formula is C13H22N6O2. The first-order valence-corrected chi connectivity index (χ1v) is 7.16.